The molecule has 2 atom stereocenters. The van der Waals surface area contributed by atoms with Crippen molar-refractivity contribution in [2.45, 2.75) is 57.2 Å². The van der Waals surface area contributed by atoms with E-state index in [1.165, 1.54) is 18.2 Å². The molecule has 2 aliphatic heterocycles. The SMILES string of the molecule is CON(C)C(O)c1ccc(COc2cccc(C3CCN(Cc4nc5ccc(C(=O)O)cc5n4C[C@@H]4CCO4)CC3)n2)c(F)c1. The molecular formula is C33H38FN5O6. The van der Waals surface area contributed by atoms with Crippen LogP contribution in [0.25, 0.3) is 11.0 Å². The first-order chi connectivity index (χ1) is 21.8. The molecule has 0 bridgehead atoms. The highest BCUT2D eigenvalue weighted by Gasteiger charge is 2.26. The van der Waals surface area contributed by atoms with Crippen molar-refractivity contribution in [1.82, 2.24) is 24.5 Å². The van der Waals surface area contributed by atoms with Gasteiger partial charge in [-0.05, 0) is 62.7 Å². The minimum atomic E-state index is -1.08. The molecule has 0 amide bonds. The summed E-state index contributed by atoms with van der Waals surface area (Å²) in [6.07, 6.45) is 1.85. The van der Waals surface area contributed by atoms with E-state index >= 15 is 0 Å². The van der Waals surface area contributed by atoms with Crippen molar-refractivity contribution >= 4 is 17.0 Å². The van der Waals surface area contributed by atoms with Crippen LogP contribution in [-0.2, 0) is 29.3 Å². The van der Waals surface area contributed by atoms with Crippen molar-refractivity contribution < 1.29 is 33.7 Å². The molecule has 2 aromatic heterocycles. The number of piperidine rings is 1. The maximum absolute atomic E-state index is 14.8. The van der Waals surface area contributed by atoms with Gasteiger partial charge in [-0.1, -0.05) is 18.2 Å². The van der Waals surface area contributed by atoms with Gasteiger partial charge in [0, 0.05) is 42.5 Å². The fourth-order valence-corrected chi connectivity index (χ4v) is 5.89. The lowest BCUT2D eigenvalue weighted by Crippen LogP contribution is -2.35. The quantitative estimate of drug-likeness (QED) is 0.173. The number of pyridine rings is 1. The molecule has 4 aromatic rings. The van der Waals surface area contributed by atoms with Crippen molar-refractivity contribution in [1.29, 1.82) is 0 Å². The number of carbonyl (C=O) groups is 1. The zero-order valence-corrected chi connectivity index (χ0v) is 25.4. The summed E-state index contributed by atoms with van der Waals surface area (Å²) in [5.41, 5.74) is 3.55. The first-order valence-electron chi connectivity index (χ1n) is 15.2. The number of nitrogens with zero attached hydrogens (tertiary/aromatic N) is 5. The Kier molecular flexibility index (Phi) is 9.38. The standard InChI is InChI=1S/C33H38FN5O6/c1-37(43-2)32(40)22-6-7-24(26(34)16-22)20-45-31-5-3-4-27(36-31)21-10-13-38(14-11-21)19-30-35-28-9-8-23(33(41)42)17-29(28)39(30)18-25-12-15-44-25/h3-9,16-17,21,25,32,40H,10-15,18-20H2,1-2H3,(H,41,42)/t25-,32?/m0/s1. The van der Waals surface area contributed by atoms with E-state index in [1.54, 1.807) is 43.4 Å². The lowest BCUT2D eigenvalue weighted by molar-refractivity contribution is -0.206. The van der Waals surface area contributed by atoms with E-state index in [9.17, 15) is 19.4 Å². The predicted octanol–water partition coefficient (Wildman–Crippen LogP) is 4.50. The molecule has 4 heterocycles. The van der Waals surface area contributed by atoms with E-state index < -0.39 is 18.0 Å². The highest BCUT2D eigenvalue weighted by molar-refractivity contribution is 5.92. The van der Waals surface area contributed by atoms with Crippen LogP contribution in [-0.4, -0.2) is 80.6 Å². The highest BCUT2D eigenvalue weighted by Crippen LogP contribution is 2.30. The van der Waals surface area contributed by atoms with Crippen LogP contribution in [0.3, 0.4) is 0 Å². The van der Waals surface area contributed by atoms with Crippen LogP contribution >= 0.6 is 0 Å². The molecule has 238 valence electrons. The third kappa shape index (κ3) is 7.00. The molecule has 2 aromatic carbocycles. The minimum absolute atomic E-state index is 0.0120. The second-order valence-electron chi connectivity index (χ2n) is 11.6. The van der Waals surface area contributed by atoms with Gasteiger partial charge in [-0.25, -0.2) is 19.2 Å². The number of hydroxylamine groups is 2. The fraction of sp³-hybridized carbons (Fsp3) is 0.424. The van der Waals surface area contributed by atoms with Gasteiger partial charge in [0.25, 0.3) is 0 Å². The number of halogens is 1. The number of carboxylic acids is 1. The van der Waals surface area contributed by atoms with Crippen molar-refractivity contribution in [2.24, 2.45) is 0 Å². The number of hydrogen-bond donors (Lipinski definition) is 2. The maximum Gasteiger partial charge on any atom is 0.335 e. The van der Waals surface area contributed by atoms with Gasteiger partial charge in [0.05, 0.1) is 42.9 Å². The summed E-state index contributed by atoms with van der Waals surface area (Å²) in [5.74, 6) is 0.182. The van der Waals surface area contributed by atoms with Gasteiger partial charge in [-0.2, -0.15) is 5.06 Å². The van der Waals surface area contributed by atoms with E-state index in [0.717, 1.165) is 61.5 Å². The fourth-order valence-electron chi connectivity index (χ4n) is 5.89. The van der Waals surface area contributed by atoms with Crippen LogP contribution in [0.15, 0.2) is 54.6 Å². The average Bonchev–Trinajstić information content (AvgIpc) is 3.37. The van der Waals surface area contributed by atoms with Crippen LogP contribution in [0.1, 0.15) is 64.4 Å². The number of hydrogen-bond acceptors (Lipinski definition) is 9. The van der Waals surface area contributed by atoms with E-state index in [1.807, 2.05) is 12.1 Å². The molecule has 2 N–H and O–H groups in total. The molecular weight excluding hydrogens is 581 g/mol. The van der Waals surface area contributed by atoms with Crippen LogP contribution in [0.2, 0.25) is 0 Å². The Labute approximate surface area is 260 Å². The minimum Gasteiger partial charge on any atom is -0.478 e. The van der Waals surface area contributed by atoms with Crippen molar-refractivity contribution in [3.8, 4) is 5.88 Å². The summed E-state index contributed by atoms with van der Waals surface area (Å²) in [6, 6.07) is 15.3. The molecule has 1 unspecified atom stereocenters. The number of ether oxygens (including phenoxy) is 2. The molecule has 0 radical (unpaired) electrons. The molecule has 11 nitrogen and oxygen atoms in total. The van der Waals surface area contributed by atoms with Crippen LogP contribution in [0.4, 0.5) is 4.39 Å². The largest absolute Gasteiger partial charge is 0.478 e. The molecule has 2 aliphatic rings. The number of rotatable bonds is 12. The molecule has 0 spiro atoms. The Morgan fingerprint density at radius 1 is 1.13 bits per heavy atom. The summed E-state index contributed by atoms with van der Waals surface area (Å²) in [4.78, 5) is 28.6. The summed E-state index contributed by atoms with van der Waals surface area (Å²) in [5, 5.41) is 21.0. The zero-order chi connectivity index (χ0) is 31.5. The second kappa shape index (κ2) is 13.6. The summed E-state index contributed by atoms with van der Waals surface area (Å²) < 4.78 is 28.4. The summed E-state index contributed by atoms with van der Waals surface area (Å²) in [6.45, 7) is 3.81. The number of aromatic carboxylic acids is 1. The van der Waals surface area contributed by atoms with Crippen molar-refractivity contribution in [3.63, 3.8) is 0 Å². The van der Waals surface area contributed by atoms with Crippen LogP contribution in [0, 0.1) is 5.82 Å². The van der Waals surface area contributed by atoms with Crippen molar-refractivity contribution in [2.75, 3.05) is 33.9 Å². The molecule has 2 saturated heterocycles. The Morgan fingerprint density at radius 3 is 2.62 bits per heavy atom. The molecule has 12 heteroatoms. The number of benzene rings is 2. The van der Waals surface area contributed by atoms with Crippen LogP contribution < -0.4 is 4.74 Å². The highest BCUT2D eigenvalue weighted by atomic mass is 19.1. The number of carboxylic acid groups (broad SMARTS) is 1. The Hall–Kier alpha value is -3.94. The summed E-state index contributed by atoms with van der Waals surface area (Å²) in [7, 11) is 2.99. The summed E-state index contributed by atoms with van der Waals surface area (Å²) >= 11 is 0. The third-order valence-corrected chi connectivity index (χ3v) is 8.75. The third-order valence-electron chi connectivity index (χ3n) is 8.75. The monoisotopic (exact) mass is 619 g/mol. The first-order valence-corrected chi connectivity index (χ1v) is 15.2. The molecule has 0 saturated carbocycles. The molecule has 2 fully saturated rings. The topological polar surface area (TPSA) is 122 Å². The van der Waals surface area contributed by atoms with Gasteiger partial charge in [0.2, 0.25) is 5.88 Å². The molecule has 0 aliphatic carbocycles. The lowest BCUT2D eigenvalue weighted by atomic mass is 9.93. The van der Waals surface area contributed by atoms with Crippen molar-refractivity contribution in [3.05, 3.63) is 88.6 Å². The number of aromatic nitrogens is 3. The maximum atomic E-state index is 14.8. The van der Waals surface area contributed by atoms with Gasteiger partial charge in [0.15, 0.2) is 6.23 Å². The van der Waals surface area contributed by atoms with Gasteiger partial charge in [-0.3, -0.25) is 9.74 Å². The number of fused-ring (bicyclic) bond motifs is 1. The van der Waals surface area contributed by atoms with E-state index in [4.69, 9.17) is 24.3 Å². The number of likely N-dealkylation sites (tertiary alicyclic amines) is 1. The van der Waals surface area contributed by atoms with Gasteiger partial charge in [-0.15, -0.1) is 0 Å². The number of aliphatic hydroxyl groups is 1. The number of aliphatic hydroxyl groups excluding tert-OH is 1. The Balaban J connectivity index is 1.07. The molecule has 45 heavy (non-hydrogen) atoms. The molecule has 6 rings (SSSR count). The Morgan fingerprint density at radius 2 is 1.93 bits per heavy atom. The smallest absolute Gasteiger partial charge is 0.335 e. The van der Waals surface area contributed by atoms with E-state index in [-0.39, 0.29) is 24.2 Å². The lowest BCUT2D eigenvalue weighted by Gasteiger charge is -2.32. The first kappa shape index (κ1) is 31.1. The predicted molar refractivity (Wildman–Crippen MR) is 163 cm³/mol. The number of imidazole rings is 1. The van der Waals surface area contributed by atoms with Crippen LogP contribution in [0.5, 0.6) is 5.88 Å². The van der Waals surface area contributed by atoms with Gasteiger partial charge < -0.3 is 24.3 Å². The average molecular weight is 620 g/mol. The Bertz CT molecular complexity index is 1650. The van der Waals surface area contributed by atoms with E-state index in [0.29, 0.717) is 30.1 Å². The van der Waals surface area contributed by atoms with Gasteiger partial charge >= 0.3 is 5.97 Å². The van der Waals surface area contributed by atoms with E-state index in [2.05, 4.69) is 9.47 Å². The van der Waals surface area contributed by atoms with Gasteiger partial charge in [0.1, 0.15) is 18.2 Å². The second-order valence-corrected chi connectivity index (χ2v) is 11.6. The normalized spacial score (nSPS) is 18.3. The zero-order valence-electron chi connectivity index (χ0n) is 25.4.